The Morgan fingerprint density at radius 3 is 1.54 bits per heavy atom. The Balaban J connectivity index is 0.000000618. The van der Waals surface area contributed by atoms with Crippen LogP contribution in [0.4, 0.5) is 4.79 Å². The number of carbonyl (C=O) groups is 7. The van der Waals surface area contributed by atoms with Crippen LogP contribution >= 0.6 is 0 Å². The quantitative estimate of drug-likeness (QED) is 0.0527. The fourth-order valence-corrected chi connectivity index (χ4v) is 5.58. The molecule has 0 radical (unpaired) electrons. The summed E-state index contributed by atoms with van der Waals surface area (Å²) in [5.74, 6) is -4.11. The molecule has 0 aromatic carbocycles. The first-order valence-electron chi connectivity index (χ1n) is 18.7. The third kappa shape index (κ3) is 22.8. The molecule has 0 spiro atoms. The fraction of sp³-hybridized carbons (Fsp3) is 0.639. The number of amides is 2. The molecule has 2 amide bonds. The molecule has 314 valence electrons. The summed E-state index contributed by atoms with van der Waals surface area (Å²) in [7, 11) is 0. The number of hydrogen-bond acceptors (Lipinski definition) is 11. The van der Waals surface area contributed by atoms with Crippen LogP contribution in [0.25, 0.3) is 0 Å². The normalized spacial score (nSPS) is 11.9. The third-order valence-corrected chi connectivity index (χ3v) is 8.50. The second kappa shape index (κ2) is 28.1. The third-order valence-electron chi connectivity index (χ3n) is 8.50. The molecule has 2 atom stereocenters. The van der Waals surface area contributed by atoms with Crippen molar-refractivity contribution in [2.24, 2.45) is 5.73 Å². The van der Waals surface area contributed by atoms with E-state index >= 15 is 0 Å². The molecule has 9 N–H and O–H groups in total. The van der Waals surface area contributed by atoms with Crippen molar-refractivity contribution in [3.05, 3.63) is 36.4 Å². The fourth-order valence-electron chi connectivity index (χ4n) is 5.58. The maximum absolute atomic E-state index is 11.6. The van der Waals surface area contributed by atoms with Gasteiger partial charge in [-0.1, -0.05) is 38.5 Å². The lowest BCUT2D eigenvalue weighted by Gasteiger charge is -2.22. The van der Waals surface area contributed by atoms with Crippen LogP contribution in [0.3, 0.4) is 0 Å². The van der Waals surface area contributed by atoms with Crippen molar-refractivity contribution in [2.75, 3.05) is 13.1 Å². The van der Waals surface area contributed by atoms with Crippen LogP contribution in [0.5, 0.6) is 0 Å². The summed E-state index contributed by atoms with van der Waals surface area (Å²) in [6.45, 7) is 3.43. The minimum absolute atomic E-state index is 0.150. The van der Waals surface area contributed by atoms with Gasteiger partial charge in [-0.3, -0.25) is 19.3 Å². The van der Waals surface area contributed by atoms with Crippen LogP contribution in [-0.2, 0) is 54.9 Å². The van der Waals surface area contributed by atoms with Gasteiger partial charge in [-0.15, -0.1) is 0 Å². The topological polar surface area (TPSA) is 310 Å². The van der Waals surface area contributed by atoms with Crippen molar-refractivity contribution in [2.45, 2.75) is 135 Å². The zero-order valence-corrected chi connectivity index (χ0v) is 32.0. The van der Waals surface area contributed by atoms with Gasteiger partial charge in [0.1, 0.15) is 42.6 Å². The van der Waals surface area contributed by atoms with Crippen LogP contribution in [0, 0.1) is 0 Å². The predicted octanol–water partition coefficient (Wildman–Crippen LogP) is 2.54. The van der Waals surface area contributed by atoms with Crippen molar-refractivity contribution in [1.29, 1.82) is 0 Å². The van der Waals surface area contributed by atoms with Crippen LogP contribution in [0.2, 0.25) is 0 Å². The highest BCUT2D eigenvalue weighted by Gasteiger charge is 2.24. The molecule has 0 unspecified atom stereocenters. The summed E-state index contributed by atoms with van der Waals surface area (Å²) < 4.78 is 3.23. The van der Waals surface area contributed by atoms with Crippen molar-refractivity contribution in [3.8, 4) is 0 Å². The Morgan fingerprint density at radius 2 is 1.11 bits per heavy atom. The number of unbranched alkanes of at least 4 members (excludes halogenated alkanes) is 8. The molecule has 2 aromatic rings. The molecule has 0 bridgehead atoms. The van der Waals surface area contributed by atoms with Gasteiger partial charge in [0.05, 0.1) is 13.1 Å². The monoisotopic (exact) mass is 794 g/mol. The van der Waals surface area contributed by atoms with Crippen LogP contribution < -0.4 is 16.4 Å². The molecule has 0 fully saturated rings. The van der Waals surface area contributed by atoms with Gasteiger partial charge < -0.3 is 55.8 Å². The van der Waals surface area contributed by atoms with E-state index in [9.17, 15) is 33.6 Å². The van der Waals surface area contributed by atoms with E-state index < -0.39 is 54.4 Å². The van der Waals surface area contributed by atoms with Crippen molar-refractivity contribution in [3.63, 3.8) is 0 Å². The lowest BCUT2D eigenvalue weighted by Crippen LogP contribution is -2.51. The molecule has 2 aromatic heterocycles. The Hall–Kier alpha value is -5.37. The molecule has 2 heterocycles. The van der Waals surface area contributed by atoms with Gasteiger partial charge in [0.15, 0.2) is 0 Å². The largest absolute Gasteiger partial charge is 0.481 e. The van der Waals surface area contributed by atoms with Crippen LogP contribution in [0.1, 0.15) is 108 Å². The Morgan fingerprint density at radius 1 is 0.643 bits per heavy atom. The van der Waals surface area contributed by atoms with E-state index in [2.05, 4.69) is 20.2 Å². The molecule has 2 rings (SSSR count). The first kappa shape index (κ1) is 48.6. The standard InChI is InChI=1S/C24H37N5O5.C12H21N3O7/c1-20(30)10-8-6-4-2-3-5-7-9-13-27(16-21-25-11-14-28(21)18-23(31)32)17-22-26-12-15-29(22)19-24(33)34;13-6-2-1-3-7(10(18)19)14-12(22)15-8(11(20)21)4-5-9(16)17/h11-12,14-15H,2-10,13,16-19H2,1H3,(H,31,32)(H,33,34);7-8H,1-6,13H2,(H,16,17)(H,18,19)(H,20,21)(H2,14,15,22)/t;7-,8-/m.0/s1. The van der Waals surface area contributed by atoms with Gasteiger partial charge in [0, 0.05) is 37.6 Å². The Bertz CT molecular complexity index is 1470. The zero-order valence-electron chi connectivity index (χ0n) is 32.0. The number of ketones is 1. The van der Waals surface area contributed by atoms with E-state index in [0.29, 0.717) is 50.5 Å². The first-order chi connectivity index (χ1) is 26.6. The summed E-state index contributed by atoms with van der Waals surface area (Å²) in [5, 5.41) is 48.8. The minimum Gasteiger partial charge on any atom is -0.481 e. The maximum atomic E-state index is 11.6. The molecule has 56 heavy (non-hydrogen) atoms. The summed E-state index contributed by atoms with van der Waals surface area (Å²) in [6, 6.07) is -3.55. The van der Waals surface area contributed by atoms with Gasteiger partial charge in [-0.2, -0.15) is 0 Å². The Labute approximate surface area is 325 Å². The number of aromatic nitrogens is 4. The van der Waals surface area contributed by atoms with E-state index in [4.69, 9.17) is 31.3 Å². The number of carboxylic acids is 5. The number of rotatable bonds is 30. The van der Waals surface area contributed by atoms with Crippen molar-refractivity contribution >= 4 is 41.7 Å². The number of nitrogens with one attached hydrogen (secondary N) is 2. The highest BCUT2D eigenvalue weighted by Crippen LogP contribution is 2.14. The predicted molar refractivity (Wildman–Crippen MR) is 200 cm³/mol. The second-order valence-electron chi connectivity index (χ2n) is 13.3. The highest BCUT2D eigenvalue weighted by atomic mass is 16.4. The van der Waals surface area contributed by atoms with E-state index in [1.807, 2.05) is 5.32 Å². The number of carbonyl (C=O) groups excluding carboxylic acids is 2. The van der Waals surface area contributed by atoms with E-state index in [1.54, 1.807) is 40.8 Å². The van der Waals surface area contributed by atoms with E-state index in [0.717, 1.165) is 45.1 Å². The van der Waals surface area contributed by atoms with E-state index in [1.165, 1.54) is 12.8 Å². The molecular formula is C36H58N8O12. The van der Waals surface area contributed by atoms with Crippen molar-refractivity contribution in [1.82, 2.24) is 34.6 Å². The average Bonchev–Trinajstić information content (AvgIpc) is 3.74. The number of urea groups is 1. The number of carboxylic acid groups (broad SMARTS) is 5. The highest BCUT2D eigenvalue weighted by molar-refractivity contribution is 5.86. The molecule has 0 aliphatic heterocycles. The number of imidazole rings is 2. The summed E-state index contributed by atoms with van der Waals surface area (Å²) in [5.41, 5.74) is 5.29. The number of nitrogens with two attached hydrogens (primary N) is 1. The molecule has 20 nitrogen and oxygen atoms in total. The lowest BCUT2D eigenvalue weighted by atomic mass is 10.1. The molecular weight excluding hydrogens is 736 g/mol. The summed E-state index contributed by atoms with van der Waals surface area (Å²) in [4.78, 5) is 88.0. The average molecular weight is 795 g/mol. The van der Waals surface area contributed by atoms with Gasteiger partial charge >= 0.3 is 35.9 Å². The number of Topliss-reactive ketones (excluding diaryl/α,β-unsaturated/α-hetero) is 1. The molecule has 20 heteroatoms. The summed E-state index contributed by atoms with van der Waals surface area (Å²) >= 11 is 0. The van der Waals surface area contributed by atoms with Gasteiger partial charge in [-0.05, 0) is 58.5 Å². The van der Waals surface area contributed by atoms with Crippen LogP contribution in [-0.4, -0.2) is 116 Å². The molecule has 0 saturated carbocycles. The lowest BCUT2D eigenvalue weighted by molar-refractivity contribution is -0.141. The molecule has 0 aliphatic rings. The number of hydrogen-bond donors (Lipinski definition) is 8. The second-order valence-corrected chi connectivity index (χ2v) is 13.3. The maximum Gasteiger partial charge on any atom is 0.326 e. The SMILES string of the molecule is CC(=O)CCCCCCCCCCN(Cc1nccn1CC(=O)O)Cc1nccn1CC(=O)O.NCCCC[C@H](NC(=O)N[C@@H](CCC(=O)O)C(=O)O)C(=O)O. The Kier molecular flexibility index (Phi) is 24.4. The van der Waals surface area contributed by atoms with Gasteiger partial charge in [-0.25, -0.2) is 24.4 Å². The molecule has 0 saturated heterocycles. The van der Waals surface area contributed by atoms with Crippen LogP contribution in [0.15, 0.2) is 24.8 Å². The van der Waals surface area contributed by atoms with Crippen molar-refractivity contribution < 1.29 is 59.1 Å². The minimum atomic E-state index is -1.41. The number of nitrogens with zero attached hydrogens (tertiary/aromatic N) is 5. The van der Waals surface area contributed by atoms with Gasteiger partial charge in [0.2, 0.25) is 0 Å². The first-order valence-corrected chi connectivity index (χ1v) is 18.7. The number of aliphatic carboxylic acids is 5. The van der Waals surface area contributed by atoms with E-state index in [-0.39, 0.29) is 31.7 Å². The molecule has 0 aliphatic carbocycles. The smallest absolute Gasteiger partial charge is 0.326 e. The summed E-state index contributed by atoms with van der Waals surface area (Å²) in [6.07, 6.45) is 16.5. The van der Waals surface area contributed by atoms with Gasteiger partial charge in [0.25, 0.3) is 0 Å². The zero-order chi connectivity index (χ0) is 41.9.